The molecule has 0 radical (unpaired) electrons. The molecular weight excluding hydrogens is 554 g/mol. The molecule has 260 valence electrons. The molecule has 0 aromatic rings. The summed E-state index contributed by atoms with van der Waals surface area (Å²) in [6.07, 6.45) is 32.2. The second-order valence-corrected chi connectivity index (χ2v) is 13.5. The molecule has 0 saturated heterocycles. The second kappa shape index (κ2) is 31.4. The molecule has 0 bridgehead atoms. The van der Waals surface area contributed by atoms with Crippen LogP contribution in [0, 0.1) is 0 Å². The van der Waals surface area contributed by atoms with E-state index in [0.717, 1.165) is 56.3 Å². The van der Waals surface area contributed by atoms with Gasteiger partial charge in [0.1, 0.15) is 0 Å². The number of aliphatic carboxylic acids is 3. The first-order chi connectivity index (χ1) is 21.3. The highest BCUT2D eigenvalue weighted by atomic mass is 16.4. The third kappa shape index (κ3) is 30.4. The Hall–Kier alpha value is -1.63. The molecule has 0 spiro atoms. The molecule has 0 saturated carbocycles. The number of rotatable bonds is 36. The van der Waals surface area contributed by atoms with E-state index in [4.69, 9.17) is 15.3 Å². The van der Waals surface area contributed by atoms with Crippen LogP contribution in [0.3, 0.4) is 0 Å². The van der Waals surface area contributed by atoms with Crippen molar-refractivity contribution in [1.29, 1.82) is 0 Å². The van der Waals surface area contributed by atoms with E-state index < -0.39 is 17.9 Å². The zero-order valence-corrected chi connectivity index (χ0v) is 28.8. The SMILES string of the molecule is CCCCCCCCCCCCCCCCCCCCCC[N+](CCCCC(=O)O)(CCCCC(=O)O)CCCCC(=O)O. The summed E-state index contributed by atoms with van der Waals surface area (Å²) < 4.78 is 0.873. The normalized spacial score (nSPS) is 11.7. The first kappa shape index (κ1) is 42.4. The standard InChI is InChI=1S/C37H71NO6/c1-2-3-4-5-6-7-8-9-10-11-12-13-14-15-16-17-18-19-20-24-31-38(32-25-21-28-35(39)40,33-26-22-29-36(41)42)34-27-23-30-37(43)44/h2-34H2,1H3,(H2-,39,40,41,42,43,44)/p+1. The van der Waals surface area contributed by atoms with Gasteiger partial charge in [-0.2, -0.15) is 0 Å². The van der Waals surface area contributed by atoms with Crippen molar-refractivity contribution >= 4 is 17.9 Å². The van der Waals surface area contributed by atoms with Crippen molar-refractivity contribution in [2.75, 3.05) is 26.2 Å². The van der Waals surface area contributed by atoms with Gasteiger partial charge in [-0.25, -0.2) is 0 Å². The van der Waals surface area contributed by atoms with Crippen LogP contribution in [-0.4, -0.2) is 63.9 Å². The Balaban J connectivity index is 4.19. The van der Waals surface area contributed by atoms with Crippen LogP contribution in [0.5, 0.6) is 0 Å². The average molecular weight is 627 g/mol. The van der Waals surface area contributed by atoms with Gasteiger partial charge in [0.15, 0.2) is 0 Å². The fourth-order valence-electron chi connectivity index (χ4n) is 6.54. The number of hydrogen-bond donors (Lipinski definition) is 3. The maximum Gasteiger partial charge on any atom is 0.303 e. The Kier molecular flexibility index (Phi) is 30.2. The van der Waals surface area contributed by atoms with Crippen LogP contribution in [-0.2, 0) is 14.4 Å². The van der Waals surface area contributed by atoms with E-state index >= 15 is 0 Å². The van der Waals surface area contributed by atoms with E-state index in [1.165, 1.54) is 122 Å². The number of carbonyl (C=O) groups is 3. The molecule has 0 aliphatic heterocycles. The molecule has 0 unspecified atom stereocenters. The van der Waals surface area contributed by atoms with E-state index in [1.807, 2.05) is 0 Å². The highest BCUT2D eigenvalue weighted by Crippen LogP contribution is 2.20. The van der Waals surface area contributed by atoms with Gasteiger partial charge in [-0.05, 0) is 51.4 Å². The lowest BCUT2D eigenvalue weighted by molar-refractivity contribution is -0.929. The molecule has 0 fully saturated rings. The quantitative estimate of drug-likeness (QED) is 0.0471. The fourth-order valence-corrected chi connectivity index (χ4v) is 6.54. The Morgan fingerprint density at radius 3 is 0.773 bits per heavy atom. The molecule has 7 heteroatoms. The van der Waals surface area contributed by atoms with Gasteiger partial charge in [-0.3, -0.25) is 14.4 Å². The third-order valence-corrected chi connectivity index (χ3v) is 9.31. The predicted molar refractivity (Wildman–Crippen MR) is 182 cm³/mol. The van der Waals surface area contributed by atoms with E-state index in [1.54, 1.807) is 0 Å². The summed E-state index contributed by atoms with van der Waals surface area (Å²) in [5.74, 6) is -2.29. The number of hydrogen-bond acceptors (Lipinski definition) is 3. The molecule has 0 aromatic carbocycles. The molecule has 0 aliphatic carbocycles. The van der Waals surface area contributed by atoms with Gasteiger partial charge in [0.2, 0.25) is 0 Å². The number of unbranched alkanes of at least 4 members (excludes halogenated alkanes) is 22. The first-order valence-corrected chi connectivity index (χ1v) is 18.8. The molecule has 0 rings (SSSR count). The van der Waals surface area contributed by atoms with Gasteiger partial charge in [0, 0.05) is 19.3 Å². The summed E-state index contributed by atoms with van der Waals surface area (Å²) in [6, 6.07) is 0. The highest BCUT2D eigenvalue weighted by molar-refractivity contribution is 5.67. The molecule has 7 nitrogen and oxygen atoms in total. The minimum absolute atomic E-state index is 0.178. The van der Waals surface area contributed by atoms with Crippen molar-refractivity contribution < 1.29 is 34.2 Å². The van der Waals surface area contributed by atoms with Gasteiger partial charge in [0.25, 0.3) is 0 Å². The van der Waals surface area contributed by atoms with Crippen molar-refractivity contribution in [3.8, 4) is 0 Å². The van der Waals surface area contributed by atoms with Gasteiger partial charge in [-0.1, -0.05) is 122 Å². The summed E-state index contributed by atoms with van der Waals surface area (Å²) in [4.78, 5) is 33.1. The largest absolute Gasteiger partial charge is 0.481 e. The number of carboxylic acids is 3. The van der Waals surface area contributed by atoms with Gasteiger partial charge >= 0.3 is 17.9 Å². The van der Waals surface area contributed by atoms with Gasteiger partial charge < -0.3 is 19.8 Å². The third-order valence-electron chi connectivity index (χ3n) is 9.31. The molecule has 0 aliphatic rings. The Morgan fingerprint density at radius 1 is 0.341 bits per heavy atom. The monoisotopic (exact) mass is 627 g/mol. The van der Waals surface area contributed by atoms with E-state index in [-0.39, 0.29) is 19.3 Å². The lowest BCUT2D eigenvalue weighted by atomic mass is 10.0. The van der Waals surface area contributed by atoms with Crippen LogP contribution in [0.2, 0.25) is 0 Å². The van der Waals surface area contributed by atoms with Crippen LogP contribution >= 0.6 is 0 Å². The first-order valence-electron chi connectivity index (χ1n) is 18.8. The van der Waals surface area contributed by atoms with Crippen LogP contribution in [0.15, 0.2) is 0 Å². The maximum absolute atomic E-state index is 11.0. The van der Waals surface area contributed by atoms with E-state index in [0.29, 0.717) is 19.3 Å². The molecule has 44 heavy (non-hydrogen) atoms. The summed E-state index contributed by atoms with van der Waals surface area (Å²) in [5.41, 5.74) is 0. The summed E-state index contributed by atoms with van der Waals surface area (Å²) in [5, 5.41) is 27.2. The van der Waals surface area contributed by atoms with E-state index in [2.05, 4.69) is 6.92 Å². The van der Waals surface area contributed by atoms with Gasteiger partial charge in [-0.15, -0.1) is 0 Å². The molecule has 0 atom stereocenters. The Bertz CT molecular complexity index is 628. The highest BCUT2D eigenvalue weighted by Gasteiger charge is 2.26. The van der Waals surface area contributed by atoms with Crippen LogP contribution in [0.25, 0.3) is 0 Å². The molecule has 0 heterocycles. The Morgan fingerprint density at radius 2 is 0.545 bits per heavy atom. The second-order valence-electron chi connectivity index (χ2n) is 13.5. The zero-order chi connectivity index (χ0) is 32.6. The van der Waals surface area contributed by atoms with Crippen LogP contribution in [0.4, 0.5) is 0 Å². The van der Waals surface area contributed by atoms with Gasteiger partial charge in [0.05, 0.1) is 26.2 Å². The molecule has 0 aromatic heterocycles. The smallest absolute Gasteiger partial charge is 0.303 e. The number of nitrogens with zero attached hydrogens (tertiary/aromatic N) is 1. The van der Waals surface area contributed by atoms with Crippen molar-refractivity contribution in [3.05, 3.63) is 0 Å². The summed E-state index contributed by atoms with van der Waals surface area (Å²) in [7, 11) is 0. The molecule has 0 amide bonds. The van der Waals surface area contributed by atoms with Crippen LogP contribution in [0.1, 0.15) is 193 Å². The molecular formula is C37H72NO6+. The topological polar surface area (TPSA) is 112 Å². The van der Waals surface area contributed by atoms with Crippen molar-refractivity contribution in [2.24, 2.45) is 0 Å². The molecule has 3 N–H and O–H groups in total. The Labute approximate surface area is 271 Å². The number of quaternary nitrogens is 1. The lowest BCUT2D eigenvalue weighted by Crippen LogP contribution is -2.51. The van der Waals surface area contributed by atoms with Crippen molar-refractivity contribution in [1.82, 2.24) is 0 Å². The predicted octanol–water partition coefficient (Wildman–Crippen LogP) is 10.4. The van der Waals surface area contributed by atoms with Crippen molar-refractivity contribution in [3.63, 3.8) is 0 Å². The minimum Gasteiger partial charge on any atom is -0.481 e. The van der Waals surface area contributed by atoms with E-state index in [9.17, 15) is 14.4 Å². The lowest BCUT2D eigenvalue weighted by Gasteiger charge is -2.39. The summed E-state index contributed by atoms with van der Waals surface area (Å²) >= 11 is 0. The summed E-state index contributed by atoms with van der Waals surface area (Å²) in [6.45, 7) is 5.99. The average Bonchev–Trinajstić information content (AvgIpc) is 2.98. The maximum atomic E-state index is 11.0. The zero-order valence-electron chi connectivity index (χ0n) is 28.8. The fraction of sp³-hybridized carbons (Fsp3) is 0.919. The van der Waals surface area contributed by atoms with Crippen molar-refractivity contribution in [2.45, 2.75) is 193 Å². The number of carboxylic acid groups (broad SMARTS) is 3. The minimum atomic E-state index is -0.764. The van der Waals surface area contributed by atoms with Crippen LogP contribution < -0.4 is 0 Å².